The molecule has 0 heterocycles. The molecule has 114 valence electrons. The molecular weight excluding hydrogens is 249 g/mol. The Morgan fingerprint density at radius 2 is 1.60 bits per heavy atom. The number of benzene rings is 1. The van der Waals surface area contributed by atoms with Gasteiger partial charge in [-0.05, 0) is 55.6 Å². The van der Waals surface area contributed by atoms with Crippen molar-refractivity contribution >= 4 is 0 Å². The van der Waals surface area contributed by atoms with Gasteiger partial charge in [0.05, 0.1) is 0 Å². The quantitative estimate of drug-likeness (QED) is 0.592. The maximum atomic E-state index is 13.4. The molecule has 0 aliphatic heterocycles. The zero-order valence-electron chi connectivity index (χ0n) is 13.6. The summed E-state index contributed by atoms with van der Waals surface area (Å²) in [5, 5.41) is 3.57. The van der Waals surface area contributed by atoms with E-state index >= 15 is 0 Å². The molecule has 0 aromatic heterocycles. The number of unbranched alkanes of at least 4 members (excludes halogenated alkanes) is 4. The topological polar surface area (TPSA) is 12.0 Å². The standard InChI is InChI=1S/C18H30FN/c1-5-7-8-9-10-11-17(20-6-2)18-14(3)12-16(19)13-15(18)4/h12-13,17,20H,5-11H2,1-4H3. The number of halogens is 1. The summed E-state index contributed by atoms with van der Waals surface area (Å²) in [4.78, 5) is 0. The molecule has 0 amide bonds. The van der Waals surface area contributed by atoms with Crippen LogP contribution in [0.25, 0.3) is 0 Å². The molecular formula is C18H30FN. The fourth-order valence-electron chi connectivity index (χ4n) is 3.02. The van der Waals surface area contributed by atoms with E-state index in [9.17, 15) is 4.39 Å². The van der Waals surface area contributed by atoms with Gasteiger partial charge in [0.1, 0.15) is 5.82 Å². The zero-order valence-corrected chi connectivity index (χ0v) is 13.6. The van der Waals surface area contributed by atoms with Crippen molar-refractivity contribution in [2.75, 3.05) is 6.54 Å². The van der Waals surface area contributed by atoms with Crippen LogP contribution in [-0.2, 0) is 0 Å². The molecule has 1 aromatic carbocycles. The van der Waals surface area contributed by atoms with Gasteiger partial charge in [-0.15, -0.1) is 0 Å². The summed E-state index contributed by atoms with van der Waals surface area (Å²) in [6.07, 6.45) is 7.64. The Labute approximate surface area is 124 Å². The molecule has 0 saturated carbocycles. The van der Waals surface area contributed by atoms with Crippen molar-refractivity contribution in [3.8, 4) is 0 Å². The third-order valence-electron chi connectivity index (χ3n) is 3.95. The van der Waals surface area contributed by atoms with Gasteiger partial charge in [-0.25, -0.2) is 4.39 Å². The summed E-state index contributed by atoms with van der Waals surface area (Å²) >= 11 is 0. The molecule has 1 nitrogen and oxygen atoms in total. The molecule has 0 bridgehead atoms. The maximum Gasteiger partial charge on any atom is 0.123 e. The SMILES string of the molecule is CCCCCCCC(NCC)c1c(C)cc(F)cc1C. The van der Waals surface area contributed by atoms with Crippen LogP contribution < -0.4 is 5.32 Å². The molecule has 0 aliphatic carbocycles. The first kappa shape index (κ1) is 17.2. The van der Waals surface area contributed by atoms with E-state index < -0.39 is 0 Å². The summed E-state index contributed by atoms with van der Waals surface area (Å²) < 4.78 is 13.4. The average Bonchev–Trinajstić information content (AvgIpc) is 2.37. The number of hydrogen-bond donors (Lipinski definition) is 1. The van der Waals surface area contributed by atoms with Crippen LogP contribution >= 0.6 is 0 Å². The van der Waals surface area contributed by atoms with E-state index in [2.05, 4.69) is 19.2 Å². The number of nitrogens with one attached hydrogen (secondary N) is 1. The van der Waals surface area contributed by atoms with E-state index in [4.69, 9.17) is 0 Å². The van der Waals surface area contributed by atoms with E-state index in [-0.39, 0.29) is 5.82 Å². The van der Waals surface area contributed by atoms with Gasteiger partial charge in [0, 0.05) is 6.04 Å². The highest BCUT2D eigenvalue weighted by molar-refractivity contribution is 5.36. The summed E-state index contributed by atoms with van der Waals surface area (Å²) in [6, 6.07) is 3.68. The number of rotatable bonds is 9. The maximum absolute atomic E-state index is 13.4. The van der Waals surface area contributed by atoms with E-state index in [0.29, 0.717) is 6.04 Å². The number of hydrogen-bond acceptors (Lipinski definition) is 1. The van der Waals surface area contributed by atoms with Crippen molar-refractivity contribution in [1.29, 1.82) is 0 Å². The molecule has 20 heavy (non-hydrogen) atoms. The molecule has 0 radical (unpaired) electrons. The predicted octanol–water partition coefficient (Wildman–Crippen LogP) is 5.45. The average molecular weight is 279 g/mol. The third-order valence-corrected chi connectivity index (χ3v) is 3.95. The van der Waals surface area contributed by atoms with E-state index in [1.165, 1.54) is 37.7 Å². The first-order chi connectivity index (χ1) is 9.60. The Kier molecular flexibility index (Phi) is 7.83. The lowest BCUT2D eigenvalue weighted by Gasteiger charge is -2.22. The first-order valence-electron chi connectivity index (χ1n) is 8.10. The van der Waals surface area contributed by atoms with Crippen LogP contribution in [0.15, 0.2) is 12.1 Å². The summed E-state index contributed by atoms with van der Waals surface area (Å²) in [5.41, 5.74) is 3.44. The minimum Gasteiger partial charge on any atom is -0.310 e. The minimum atomic E-state index is -0.123. The molecule has 0 saturated heterocycles. The van der Waals surface area contributed by atoms with Gasteiger partial charge in [-0.1, -0.05) is 46.0 Å². The molecule has 0 fully saturated rings. The van der Waals surface area contributed by atoms with E-state index in [1.807, 2.05) is 13.8 Å². The van der Waals surface area contributed by atoms with Crippen LogP contribution in [0.2, 0.25) is 0 Å². The van der Waals surface area contributed by atoms with Crippen LogP contribution in [0.1, 0.15) is 75.1 Å². The third kappa shape index (κ3) is 5.24. The Morgan fingerprint density at radius 3 is 2.15 bits per heavy atom. The normalized spacial score (nSPS) is 12.7. The minimum absolute atomic E-state index is 0.123. The second-order valence-corrected chi connectivity index (χ2v) is 5.77. The Morgan fingerprint density at radius 1 is 1.00 bits per heavy atom. The highest BCUT2D eigenvalue weighted by Crippen LogP contribution is 2.27. The summed E-state index contributed by atoms with van der Waals surface area (Å²) in [5.74, 6) is -0.123. The molecule has 2 heteroatoms. The lowest BCUT2D eigenvalue weighted by Crippen LogP contribution is -2.22. The van der Waals surface area contributed by atoms with Crippen molar-refractivity contribution in [2.45, 2.75) is 72.3 Å². The summed E-state index contributed by atoms with van der Waals surface area (Å²) in [6.45, 7) is 9.38. The predicted molar refractivity (Wildman–Crippen MR) is 85.7 cm³/mol. The lowest BCUT2D eigenvalue weighted by molar-refractivity contribution is 0.474. The molecule has 1 rings (SSSR count). The molecule has 1 N–H and O–H groups in total. The molecule has 1 unspecified atom stereocenters. The van der Waals surface area contributed by atoms with Crippen LogP contribution in [0, 0.1) is 19.7 Å². The molecule has 1 aromatic rings. The molecule has 0 aliphatic rings. The second kappa shape index (κ2) is 9.12. The zero-order chi connectivity index (χ0) is 15.0. The fraction of sp³-hybridized carbons (Fsp3) is 0.667. The van der Waals surface area contributed by atoms with E-state index in [1.54, 1.807) is 12.1 Å². The first-order valence-corrected chi connectivity index (χ1v) is 8.10. The van der Waals surface area contributed by atoms with Crippen LogP contribution in [0.4, 0.5) is 4.39 Å². The lowest BCUT2D eigenvalue weighted by atomic mass is 9.92. The van der Waals surface area contributed by atoms with Gasteiger partial charge in [0.15, 0.2) is 0 Å². The van der Waals surface area contributed by atoms with Gasteiger partial charge >= 0.3 is 0 Å². The second-order valence-electron chi connectivity index (χ2n) is 5.77. The van der Waals surface area contributed by atoms with Crippen LogP contribution in [0.3, 0.4) is 0 Å². The number of aryl methyl sites for hydroxylation is 2. The summed E-state index contributed by atoms with van der Waals surface area (Å²) in [7, 11) is 0. The largest absolute Gasteiger partial charge is 0.310 e. The molecule has 1 atom stereocenters. The van der Waals surface area contributed by atoms with Gasteiger partial charge < -0.3 is 5.32 Å². The molecule has 0 spiro atoms. The Bertz CT molecular complexity index is 377. The van der Waals surface area contributed by atoms with Crippen molar-refractivity contribution < 1.29 is 4.39 Å². The van der Waals surface area contributed by atoms with Gasteiger partial charge in [-0.2, -0.15) is 0 Å². The Balaban J connectivity index is 2.70. The van der Waals surface area contributed by atoms with Gasteiger partial charge in [0.25, 0.3) is 0 Å². The smallest absolute Gasteiger partial charge is 0.123 e. The van der Waals surface area contributed by atoms with Crippen LogP contribution in [-0.4, -0.2) is 6.54 Å². The Hall–Kier alpha value is -0.890. The van der Waals surface area contributed by atoms with Crippen molar-refractivity contribution in [1.82, 2.24) is 5.32 Å². The monoisotopic (exact) mass is 279 g/mol. The van der Waals surface area contributed by atoms with Crippen LogP contribution in [0.5, 0.6) is 0 Å². The van der Waals surface area contributed by atoms with E-state index in [0.717, 1.165) is 24.1 Å². The van der Waals surface area contributed by atoms with Crippen molar-refractivity contribution in [3.63, 3.8) is 0 Å². The van der Waals surface area contributed by atoms with Crippen molar-refractivity contribution in [3.05, 3.63) is 34.6 Å². The van der Waals surface area contributed by atoms with Gasteiger partial charge in [-0.3, -0.25) is 0 Å². The fourth-order valence-corrected chi connectivity index (χ4v) is 3.02. The highest BCUT2D eigenvalue weighted by atomic mass is 19.1. The van der Waals surface area contributed by atoms with Gasteiger partial charge in [0.2, 0.25) is 0 Å². The highest BCUT2D eigenvalue weighted by Gasteiger charge is 2.15. The van der Waals surface area contributed by atoms with Crippen molar-refractivity contribution in [2.24, 2.45) is 0 Å².